The first-order valence-electron chi connectivity index (χ1n) is 9.17. The first kappa shape index (κ1) is 17.5. The predicted octanol–water partition coefficient (Wildman–Crippen LogP) is 5.11. The standard InChI is InChI=1S/C23H23BrN2/c24-22-9-5-4-8-21(22)23(26-16-14-25-15-17-26)20-12-10-19(11-13-20)18-6-2-1-3-7-18/h1-13,23,25H,14-17H2. The van der Waals surface area contributed by atoms with Crippen LogP contribution in [-0.4, -0.2) is 31.1 Å². The Kier molecular flexibility index (Phi) is 5.49. The first-order chi connectivity index (χ1) is 12.8. The summed E-state index contributed by atoms with van der Waals surface area (Å²) in [6, 6.07) is 28.5. The summed E-state index contributed by atoms with van der Waals surface area (Å²) in [5.41, 5.74) is 5.21. The third kappa shape index (κ3) is 3.75. The van der Waals surface area contributed by atoms with E-state index < -0.39 is 0 Å². The van der Waals surface area contributed by atoms with Crippen LogP contribution in [0.3, 0.4) is 0 Å². The van der Waals surface area contributed by atoms with Crippen LogP contribution in [0.1, 0.15) is 17.2 Å². The van der Waals surface area contributed by atoms with Gasteiger partial charge in [0, 0.05) is 30.7 Å². The lowest BCUT2D eigenvalue weighted by molar-refractivity contribution is 0.198. The van der Waals surface area contributed by atoms with Crippen LogP contribution in [0.5, 0.6) is 0 Å². The van der Waals surface area contributed by atoms with Crippen molar-refractivity contribution in [2.24, 2.45) is 0 Å². The van der Waals surface area contributed by atoms with Crippen LogP contribution in [0.15, 0.2) is 83.3 Å². The number of nitrogens with one attached hydrogen (secondary N) is 1. The Hall–Kier alpha value is -1.94. The van der Waals surface area contributed by atoms with Crippen LogP contribution in [0, 0.1) is 0 Å². The molecule has 0 spiro atoms. The maximum atomic E-state index is 3.77. The zero-order valence-corrected chi connectivity index (χ0v) is 16.3. The minimum absolute atomic E-state index is 0.275. The van der Waals surface area contributed by atoms with E-state index in [0.717, 1.165) is 26.2 Å². The molecule has 3 aromatic carbocycles. The van der Waals surface area contributed by atoms with E-state index in [1.807, 2.05) is 0 Å². The van der Waals surface area contributed by atoms with Gasteiger partial charge in [0.05, 0.1) is 6.04 Å². The SMILES string of the molecule is Brc1ccccc1C(c1ccc(-c2ccccc2)cc1)N1CCNCC1. The molecule has 0 aromatic heterocycles. The van der Waals surface area contributed by atoms with Gasteiger partial charge in [-0.3, -0.25) is 4.90 Å². The Bertz CT molecular complexity index is 840. The second-order valence-corrected chi connectivity index (χ2v) is 7.55. The molecule has 4 rings (SSSR count). The van der Waals surface area contributed by atoms with Gasteiger partial charge in [-0.15, -0.1) is 0 Å². The topological polar surface area (TPSA) is 15.3 Å². The average Bonchev–Trinajstić information content (AvgIpc) is 2.72. The van der Waals surface area contributed by atoms with Crippen molar-refractivity contribution in [3.8, 4) is 11.1 Å². The van der Waals surface area contributed by atoms with Gasteiger partial charge in [-0.2, -0.15) is 0 Å². The van der Waals surface area contributed by atoms with E-state index in [0.29, 0.717) is 0 Å². The first-order valence-corrected chi connectivity index (χ1v) is 9.97. The molecule has 1 saturated heterocycles. The van der Waals surface area contributed by atoms with Gasteiger partial charge in [-0.25, -0.2) is 0 Å². The van der Waals surface area contributed by atoms with E-state index in [1.165, 1.54) is 26.7 Å². The van der Waals surface area contributed by atoms with E-state index in [1.54, 1.807) is 0 Å². The second-order valence-electron chi connectivity index (χ2n) is 6.70. The van der Waals surface area contributed by atoms with Gasteiger partial charge in [0.15, 0.2) is 0 Å². The zero-order valence-electron chi connectivity index (χ0n) is 14.7. The molecule has 3 heteroatoms. The molecule has 3 aromatic rings. The Balaban J connectivity index is 1.71. The van der Waals surface area contributed by atoms with Gasteiger partial charge in [-0.1, -0.05) is 88.7 Å². The minimum Gasteiger partial charge on any atom is -0.314 e. The van der Waals surface area contributed by atoms with Gasteiger partial charge in [0.25, 0.3) is 0 Å². The number of hydrogen-bond donors (Lipinski definition) is 1. The molecule has 1 fully saturated rings. The Labute approximate surface area is 164 Å². The quantitative estimate of drug-likeness (QED) is 0.647. The highest BCUT2D eigenvalue weighted by Crippen LogP contribution is 2.34. The van der Waals surface area contributed by atoms with Crippen molar-refractivity contribution in [3.63, 3.8) is 0 Å². The zero-order chi connectivity index (χ0) is 17.8. The van der Waals surface area contributed by atoms with Gasteiger partial charge in [0.2, 0.25) is 0 Å². The summed E-state index contributed by atoms with van der Waals surface area (Å²) >= 11 is 3.77. The van der Waals surface area contributed by atoms with Crippen molar-refractivity contribution in [2.45, 2.75) is 6.04 Å². The molecular formula is C23H23BrN2. The van der Waals surface area contributed by atoms with E-state index in [-0.39, 0.29) is 6.04 Å². The van der Waals surface area contributed by atoms with Crippen molar-refractivity contribution in [2.75, 3.05) is 26.2 Å². The van der Waals surface area contributed by atoms with Crippen molar-refractivity contribution in [3.05, 3.63) is 94.5 Å². The van der Waals surface area contributed by atoms with E-state index in [4.69, 9.17) is 0 Å². The Morgan fingerprint density at radius 1 is 0.731 bits per heavy atom. The number of hydrogen-bond acceptors (Lipinski definition) is 2. The van der Waals surface area contributed by atoms with Crippen LogP contribution < -0.4 is 5.32 Å². The van der Waals surface area contributed by atoms with E-state index in [9.17, 15) is 0 Å². The fourth-order valence-electron chi connectivity index (χ4n) is 3.71. The molecule has 0 aliphatic carbocycles. The second kappa shape index (κ2) is 8.17. The molecule has 0 bridgehead atoms. The van der Waals surface area contributed by atoms with E-state index >= 15 is 0 Å². The number of halogens is 1. The fraction of sp³-hybridized carbons (Fsp3) is 0.217. The molecule has 1 heterocycles. The van der Waals surface area contributed by atoms with Gasteiger partial charge in [-0.05, 0) is 28.3 Å². The van der Waals surface area contributed by atoms with Crippen molar-refractivity contribution < 1.29 is 0 Å². The summed E-state index contributed by atoms with van der Waals surface area (Å²) in [7, 11) is 0. The van der Waals surface area contributed by atoms with Crippen molar-refractivity contribution in [1.29, 1.82) is 0 Å². The van der Waals surface area contributed by atoms with Crippen LogP contribution in [0.2, 0.25) is 0 Å². The Morgan fingerprint density at radius 2 is 1.35 bits per heavy atom. The molecule has 0 saturated carbocycles. The summed E-state index contributed by atoms with van der Waals surface area (Å²) in [5, 5.41) is 3.46. The highest BCUT2D eigenvalue weighted by Gasteiger charge is 2.25. The molecule has 1 N–H and O–H groups in total. The molecule has 1 unspecified atom stereocenters. The van der Waals surface area contributed by atoms with Crippen LogP contribution >= 0.6 is 15.9 Å². The maximum Gasteiger partial charge on any atom is 0.0613 e. The molecule has 132 valence electrons. The molecule has 1 atom stereocenters. The smallest absolute Gasteiger partial charge is 0.0613 e. The molecule has 1 aliphatic rings. The molecule has 2 nitrogen and oxygen atoms in total. The normalized spacial score (nSPS) is 16.3. The Morgan fingerprint density at radius 3 is 2.04 bits per heavy atom. The maximum absolute atomic E-state index is 3.77. The molecule has 0 amide bonds. The monoisotopic (exact) mass is 406 g/mol. The van der Waals surface area contributed by atoms with Crippen molar-refractivity contribution in [1.82, 2.24) is 10.2 Å². The largest absolute Gasteiger partial charge is 0.314 e. The average molecular weight is 407 g/mol. The molecule has 26 heavy (non-hydrogen) atoms. The molecule has 1 aliphatic heterocycles. The number of benzene rings is 3. The highest BCUT2D eigenvalue weighted by molar-refractivity contribution is 9.10. The highest BCUT2D eigenvalue weighted by atomic mass is 79.9. The van der Waals surface area contributed by atoms with Crippen LogP contribution in [0.4, 0.5) is 0 Å². The van der Waals surface area contributed by atoms with Gasteiger partial charge < -0.3 is 5.32 Å². The number of nitrogens with zero attached hydrogens (tertiary/aromatic N) is 1. The number of rotatable bonds is 4. The lowest BCUT2D eigenvalue weighted by Crippen LogP contribution is -2.45. The summed E-state index contributed by atoms with van der Waals surface area (Å²) in [4.78, 5) is 2.58. The lowest BCUT2D eigenvalue weighted by atomic mass is 9.94. The minimum atomic E-state index is 0.275. The molecular weight excluding hydrogens is 384 g/mol. The van der Waals surface area contributed by atoms with E-state index in [2.05, 4.69) is 105 Å². The predicted molar refractivity (Wildman–Crippen MR) is 112 cm³/mol. The summed E-state index contributed by atoms with van der Waals surface area (Å²) in [6.45, 7) is 4.21. The van der Waals surface area contributed by atoms with Gasteiger partial charge in [0.1, 0.15) is 0 Å². The fourth-order valence-corrected chi connectivity index (χ4v) is 4.21. The summed E-state index contributed by atoms with van der Waals surface area (Å²) in [5.74, 6) is 0. The van der Waals surface area contributed by atoms with Crippen molar-refractivity contribution >= 4 is 15.9 Å². The summed E-state index contributed by atoms with van der Waals surface area (Å²) < 4.78 is 1.18. The number of piperazine rings is 1. The third-order valence-electron chi connectivity index (χ3n) is 5.05. The van der Waals surface area contributed by atoms with Gasteiger partial charge >= 0.3 is 0 Å². The van der Waals surface area contributed by atoms with Crippen LogP contribution in [-0.2, 0) is 0 Å². The third-order valence-corrected chi connectivity index (χ3v) is 5.77. The van der Waals surface area contributed by atoms with Crippen LogP contribution in [0.25, 0.3) is 11.1 Å². The lowest BCUT2D eigenvalue weighted by Gasteiger charge is -2.36. The summed E-state index contributed by atoms with van der Waals surface area (Å²) in [6.07, 6.45) is 0. The molecule has 0 radical (unpaired) electrons.